The van der Waals surface area contributed by atoms with E-state index in [4.69, 9.17) is 0 Å². The van der Waals surface area contributed by atoms with Crippen molar-refractivity contribution in [3.63, 3.8) is 0 Å². The normalized spacial score (nSPS) is 12.0. The molecule has 0 aliphatic rings. The van der Waals surface area contributed by atoms with Crippen molar-refractivity contribution >= 4 is 17.2 Å². The van der Waals surface area contributed by atoms with E-state index in [0.29, 0.717) is 15.3 Å². The minimum Gasteiger partial charge on any atom is -0.387 e. The van der Waals surface area contributed by atoms with Gasteiger partial charge in [0.05, 0.1) is 11.0 Å². The van der Waals surface area contributed by atoms with Crippen LogP contribution in [0, 0.1) is 17.5 Å². The summed E-state index contributed by atoms with van der Waals surface area (Å²) < 4.78 is 39.9. The van der Waals surface area contributed by atoms with Gasteiger partial charge in [-0.25, -0.2) is 13.2 Å². The van der Waals surface area contributed by atoms with Crippen LogP contribution >= 0.6 is 11.3 Å². The van der Waals surface area contributed by atoms with Crippen molar-refractivity contribution in [3.8, 4) is 10.4 Å². The smallest absolute Gasteiger partial charge is 0.261 e. The summed E-state index contributed by atoms with van der Waals surface area (Å²) in [5.41, 5.74) is 0.556. The molecule has 2 N–H and O–H groups in total. The Morgan fingerprint density at radius 3 is 2.50 bits per heavy atom. The molecule has 3 nitrogen and oxygen atoms in total. The van der Waals surface area contributed by atoms with E-state index in [1.807, 2.05) is 0 Å². The Morgan fingerprint density at radius 1 is 1.00 bits per heavy atom. The number of halogens is 3. The van der Waals surface area contributed by atoms with Crippen LogP contribution in [-0.2, 0) is 0 Å². The standard InChI is InChI=1S/C19H14F3NO2S/c20-13-4-2-1-3-12(13)17-7-8-18(26-17)19(25)23-10-16(24)11-5-6-14(21)15(22)9-11/h1-9,16,24H,10H2,(H,23,25). The summed E-state index contributed by atoms with van der Waals surface area (Å²) in [5.74, 6) is -2.90. The maximum Gasteiger partial charge on any atom is 0.261 e. The maximum atomic E-state index is 13.8. The molecule has 134 valence electrons. The number of carbonyl (C=O) groups is 1. The van der Waals surface area contributed by atoms with Crippen molar-refractivity contribution in [1.29, 1.82) is 0 Å². The fourth-order valence-corrected chi connectivity index (χ4v) is 3.33. The van der Waals surface area contributed by atoms with Gasteiger partial charge in [-0.15, -0.1) is 11.3 Å². The van der Waals surface area contributed by atoms with Gasteiger partial charge >= 0.3 is 0 Å². The number of carbonyl (C=O) groups excluding carboxylic acids is 1. The second kappa shape index (κ2) is 7.72. The van der Waals surface area contributed by atoms with Crippen molar-refractivity contribution in [2.24, 2.45) is 0 Å². The summed E-state index contributed by atoms with van der Waals surface area (Å²) >= 11 is 1.12. The zero-order valence-corrected chi connectivity index (χ0v) is 14.2. The molecule has 0 saturated carbocycles. The predicted octanol–water partition coefficient (Wildman–Crippen LogP) is 4.30. The Morgan fingerprint density at radius 2 is 1.77 bits per heavy atom. The van der Waals surface area contributed by atoms with Gasteiger partial charge in [0.15, 0.2) is 11.6 Å². The number of rotatable bonds is 5. The van der Waals surface area contributed by atoms with Crippen LogP contribution in [0.25, 0.3) is 10.4 Å². The number of hydrogen-bond acceptors (Lipinski definition) is 3. The summed E-state index contributed by atoms with van der Waals surface area (Å²) in [6.07, 6.45) is -1.18. The average molecular weight is 377 g/mol. The molecule has 1 amide bonds. The molecule has 1 aromatic heterocycles. The second-order valence-corrected chi connectivity index (χ2v) is 6.63. The summed E-state index contributed by atoms with van der Waals surface area (Å²) in [6, 6.07) is 12.5. The zero-order valence-electron chi connectivity index (χ0n) is 13.4. The van der Waals surface area contributed by atoms with Gasteiger partial charge in [0.1, 0.15) is 5.82 Å². The van der Waals surface area contributed by atoms with Crippen LogP contribution in [0.1, 0.15) is 21.3 Å². The van der Waals surface area contributed by atoms with Crippen molar-refractivity contribution in [3.05, 3.63) is 82.5 Å². The Bertz CT molecular complexity index is 942. The van der Waals surface area contributed by atoms with Crippen molar-refractivity contribution in [2.75, 3.05) is 6.54 Å². The summed E-state index contributed by atoms with van der Waals surface area (Å²) in [6.45, 7) is -0.170. The number of nitrogens with one attached hydrogen (secondary N) is 1. The molecule has 2 aromatic carbocycles. The van der Waals surface area contributed by atoms with Crippen LogP contribution in [0.4, 0.5) is 13.2 Å². The molecule has 3 rings (SSSR count). The Balaban J connectivity index is 1.65. The fraction of sp³-hybridized carbons (Fsp3) is 0.105. The highest BCUT2D eigenvalue weighted by molar-refractivity contribution is 7.17. The molecule has 3 aromatic rings. The molecule has 0 aliphatic heterocycles. The van der Waals surface area contributed by atoms with Gasteiger partial charge in [0.25, 0.3) is 5.91 Å². The molecule has 0 fully saturated rings. The van der Waals surface area contributed by atoms with Gasteiger partial charge in [-0.05, 0) is 35.9 Å². The number of thiophene rings is 1. The summed E-state index contributed by atoms with van der Waals surface area (Å²) in [7, 11) is 0. The van der Waals surface area contributed by atoms with Gasteiger partial charge in [-0.2, -0.15) is 0 Å². The number of benzene rings is 2. The lowest BCUT2D eigenvalue weighted by Crippen LogP contribution is -2.27. The first-order valence-electron chi connectivity index (χ1n) is 7.71. The lowest BCUT2D eigenvalue weighted by molar-refractivity contribution is 0.0920. The highest BCUT2D eigenvalue weighted by atomic mass is 32.1. The molecule has 0 bridgehead atoms. The van der Waals surface area contributed by atoms with Crippen LogP contribution in [0.15, 0.2) is 54.6 Å². The van der Waals surface area contributed by atoms with Crippen LogP contribution in [-0.4, -0.2) is 17.6 Å². The minimum atomic E-state index is -1.18. The van der Waals surface area contributed by atoms with E-state index in [0.717, 1.165) is 23.5 Å². The van der Waals surface area contributed by atoms with Crippen LogP contribution in [0.3, 0.4) is 0 Å². The second-order valence-electron chi connectivity index (χ2n) is 5.54. The quantitative estimate of drug-likeness (QED) is 0.697. The SMILES string of the molecule is O=C(NCC(O)c1ccc(F)c(F)c1)c1ccc(-c2ccccc2F)s1. The van der Waals surface area contributed by atoms with Crippen LogP contribution in [0.5, 0.6) is 0 Å². The number of aliphatic hydroxyl groups is 1. The fourth-order valence-electron chi connectivity index (χ4n) is 2.38. The van der Waals surface area contributed by atoms with Crippen LogP contribution < -0.4 is 5.32 Å². The molecule has 7 heteroatoms. The Hall–Kier alpha value is -2.64. The third-order valence-electron chi connectivity index (χ3n) is 3.75. The largest absolute Gasteiger partial charge is 0.387 e. The highest BCUT2D eigenvalue weighted by Crippen LogP contribution is 2.30. The summed E-state index contributed by atoms with van der Waals surface area (Å²) in [4.78, 5) is 13.1. The van der Waals surface area contributed by atoms with Gasteiger partial charge in [-0.1, -0.05) is 24.3 Å². The molecule has 0 radical (unpaired) electrons. The zero-order chi connectivity index (χ0) is 18.7. The molecule has 1 heterocycles. The van der Waals surface area contributed by atoms with Crippen molar-refractivity contribution in [2.45, 2.75) is 6.10 Å². The van der Waals surface area contributed by atoms with Crippen molar-refractivity contribution in [1.82, 2.24) is 5.32 Å². The van der Waals surface area contributed by atoms with E-state index < -0.39 is 23.6 Å². The van der Waals surface area contributed by atoms with E-state index >= 15 is 0 Å². The maximum absolute atomic E-state index is 13.8. The van der Waals surface area contributed by atoms with Crippen molar-refractivity contribution < 1.29 is 23.1 Å². The van der Waals surface area contributed by atoms with Crippen LogP contribution in [0.2, 0.25) is 0 Å². The first-order valence-corrected chi connectivity index (χ1v) is 8.53. The average Bonchev–Trinajstić information content (AvgIpc) is 3.12. The molecular formula is C19H14F3NO2S. The lowest BCUT2D eigenvalue weighted by atomic mass is 10.1. The van der Waals surface area contributed by atoms with Gasteiger partial charge in [-0.3, -0.25) is 4.79 Å². The molecular weight excluding hydrogens is 363 g/mol. The highest BCUT2D eigenvalue weighted by Gasteiger charge is 2.15. The monoisotopic (exact) mass is 377 g/mol. The molecule has 26 heavy (non-hydrogen) atoms. The molecule has 0 saturated heterocycles. The first kappa shape index (κ1) is 18.2. The molecule has 0 spiro atoms. The lowest BCUT2D eigenvalue weighted by Gasteiger charge is -2.12. The Kier molecular flexibility index (Phi) is 5.39. The van der Waals surface area contributed by atoms with E-state index in [1.54, 1.807) is 30.3 Å². The number of hydrogen-bond donors (Lipinski definition) is 2. The molecule has 1 atom stereocenters. The predicted molar refractivity (Wildman–Crippen MR) is 93.4 cm³/mol. The van der Waals surface area contributed by atoms with E-state index in [2.05, 4.69) is 5.32 Å². The number of aliphatic hydroxyl groups excluding tert-OH is 1. The van der Waals surface area contributed by atoms with Gasteiger partial charge in [0.2, 0.25) is 0 Å². The third kappa shape index (κ3) is 3.95. The Labute approximate surface area is 151 Å². The first-order chi connectivity index (χ1) is 12.5. The van der Waals surface area contributed by atoms with Gasteiger partial charge in [0, 0.05) is 17.0 Å². The number of amides is 1. The third-order valence-corrected chi connectivity index (χ3v) is 4.87. The van der Waals surface area contributed by atoms with E-state index in [1.165, 1.54) is 12.1 Å². The van der Waals surface area contributed by atoms with Gasteiger partial charge < -0.3 is 10.4 Å². The molecule has 0 aliphatic carbocycles. The summed E-state index contributed by atoms with van der Waals surface area (Å²) in [5, 5.41) is 12.5. The molecule has 1 unspecified atom stereocenters. The van der Waals surface area contributed by atoms with E-state index in [9.17, 15) is 23.1 Å². The minimum absolute atomic E-state index is 0.155. The van der Waals surface area contributed by atoms with E-state index in [-0.39, 0.29) is 17.9 Å². The topological polar surface area (TPSA) is 49.3 Å².